The van der Waals surface area contributed by atoms with Crippen molar-refractivity contribution < 1.29 is 24.2 Å². The Labute approximate surface area is 249 Å². The molecule has 0 radical (unpaired) electrons. The van der Waals surface area contributed by atoms with E-state index in [-0.39, 0.29) is 35.6 Å². The fourth-order valence-electron chi connectivity index (χ4n) is 7.11. The average Bonchev–Trinajstić information content (AvgIpc) is 3.58. The van der Waals surface area contributed by atoms with Crippen molar-refractivity contribution >= 4 is 35.2 Å². The molecule has 0 aliphatic carbocycles. The van der Waals surface area contributed by atoms with Gasteiger partial charge in [-0.05, 0) is 75.5 Å². The second-order valence-electron chi connectivity index (χ2n) is 12.2. The number of amides is 2. The molecule has 3 saturated heterocycles. The minimum Gasteiger partial charge on any atom is -0.465 e. The molecule has 1 spiro atoms. The van der Waals surface area contributed by atoms with E-state index in [1.807, 2.05) is 52.0 Å². The molecule has 1 aromatic rings. The summed E-state index contributed by atoms with van der Waals surface area (Å²) in [6.07, 6.45) is 8.04. The van der Waals surface area contributed by atoms with Crippen LogP contribution < -0.4 is 4.90 Å². The van der Waals surface area contributed by atoms with Crippen molar-refractivity contribution in [1.82, 2.24) is 4.90 Å². The molecule has 2 unspecified atom stereocenters. The molecule has 0 saturated carbocycles. The van der Waals surface area contributed by atoms with Crippen LogP contribution in [0.4, 0.5) is 5.69 Å². The summed E-state index contributed by atoms with van der Waals surface area (Å²) >= 11 is 1.63. The van der Waals surface area contributed by atoms with E-state index >= 15 is 0 Å². The van der Waals surface area contributed by atoms with E-state index in [4.69, 9.17) is 4.74 Å². The molecule has 8 heteroatoms. The fourth-order valence-corrected chi connectivity index (χ4v) is 9.29. The number of fused-ring (bicyclic) bond motifs is 1. The molecule has 3 aliphatic heterocycles. The first-order valence-corrected chi connectivity index (χ1v) is 15.9. The summed E-state index contributed by atoms with van der Waals surface area (Å²) in [7, 11) is 0. The van der Waals surface area contributed by atoms with Crippen molar-refractivity contribution in [3.8, 4) is 0 Å². The lowest BCUT2D eigenvalue weighted by Crippen LogP contribution is -2.58. The van der Waals surface area contributed by atoms with Crippen molar-refractivity contribution in [2.75, 3.05) is 24.7 Å². The highest BCUT2D eigenvalue weighted by Crippen LogP contribution is 2.67. The van der Waals surface area contributed by atoms with Crippen LogP contribution in [0.1, 0.15) is 63.5 Å². The third-order valence-corrected chi connectivity index (χ3v) is 10.8. The zero-order chi connectivity index (χ0) is 29.9. The molecule has 0 aromatic heterocycles. The summed E-state index contributed by atoms with van der Waals surface area (Å²) < 4.78 is 4.99. The van der Waals surface area contributed by atoms with E-state index in [1.165, 1.54) is 0 Å². The predicted octanol–water partition coefficient (Wildman–Crippen LogP) is 5.22. The number of carbonyl (C=O) groups excluding carboxylic acids is 3. The first-order chi connectivity index (χ1) is 19.6. The van der Waals surface area contributed by atoms with Crippen LogP contribution in [0.3, 0.4) is 0 Å². The molecular formula is C33H46N2O5S. The van der Waals surface area contributed by atoms with Crippen molar-refractivity contribution in [2.24, 2.45) is 17.8 Å². The van der Waals surface area contributed by atoms with Gasteiger partial charge in [0.05, 0.1) is 35.8 Å². The van der Waals surface area contributed by atoms with Gasteiger partial charge in [0.2, 0.25) is 5.91 Å². The van der Waals surface area contributed by atoms with E-state index in [1.54, 1.807) is 27.6 Å². The molecule has 1 N–H and O–H groups in total. The van der Waals surface area contributed by atoms with Crippen LogP contribution in [0, 0.1) is 31.6 Å². The van der Waals surface area contributed by atoms with E-state index in [9.17, 15) is 19.5 Å². The number of hydrogen-bond acceptors (Lipinski definition) is 6. The number of carbonyl (C=O) groups is 3. The molecule has 224 valence electrons. The lowest BCUT2D eigenvalue weighted by Gasteiger charge is -2.40. The van der Waals surface area contributed by atoms with Crippen LogP contribution in [-0.4, -0.2) is 69.6 Å². The van der Waals surface area contributed by atoms with Crippen molar-refractivity contribution in [2.45, 2.75) is 88.3 Å². The van der Waals surface area contributed by atoms with Crippen LogP contribution in [0.2, 0.25) is 0 Å². The second kappa shape index (κ2) is 13.2. The summed E-state index contributed by atoms with van der Waals surface area (Å²) in [5.74, 6) is -1.75. The maximum atomic E-state index is 14.8. The topological polar surface area (TPSA) is 87.2 Å². The average molecular weight is 583 g/mol. The number of ether oxygens (including phenoxy) is 1. The summed E-state index contributed by atoms with van der Waals surface area (Å²) in [5.41, 5.74) is 2.78. The third kappa shape index (κ3) is 5.87. The number of benzene rings is 1. The monoisotopic (exact) mass is 582 g/mol. The lowest BCUT2D eigenvalue weighted by atomic mass is 9.71. The molecule has 1 aromatic carbocycles. The molecule has 4 rings (SSSR count). The molecule has 2 amide bonds. The normalized spacial score (nSPS) is 27.2. The van der Waals surface area contributed by atoms with Gasteiger partial charge >= 0.3 is 5.97 Å². The smallest absolute Gasteiger partial charge is 0.310 e. The van der Waals surface area contributed by atoms with Crippen molar-refractivity contribution in [3.05, 3.63) is 54.6 Å². The molecule has 6 atom stereocenters. The van der Waals surface area contributed by atoms with Gasteiger partial charge in [-0.25, -0.2) is 0 Å². The summed E-state index contributed by atoms with van der Waals surface area (Å²) in [5, 5.41) is 10.5. The third-order valence-electron chi connectivity index (χ3n) is 8.87. The highest BCUT2D eigenvalue weighted by atomic mass is 32.2. The Morgan fingerprint density at radius 2 is 2.00 bits per heavy atom. The zero-order valence-electron chi connectivity index (χ0n) is 25.0. The molecule has 2 bridgehead atoms. The van der Waals surface area contributed by atoms with Gasteiger partial charge in [0.1, 0.15) is 6.04 Å². The van der Waals surface area contributed by atoms with Crippen LogP contribution in [0.25, 0.3) is 0 Å². The number of nitrogens with zero attached hydrogens (tertiary/aromatic N) is 2. The number of hydrogen-bond donors (Lipinski definition) is 1. The summed E-state index contributed by atoms with van der Waals surface area (Å²) in [6.45, 7) is 16.1. The molecule has 3 heterocycles. The van der Waals surface area contributed by atoms with Gasteiger partial charge < -0.3 is 19.6 Å². The number of likely N-dealkylation sites (tertiary alicyclic amines) is 1. The fraction of sp³-hybridized carbons (Fsp3) is 0.606. The first kappa shape index (κ1) is 31.4. The van der Waals surface area contributed by atoms with Crippen LogP contribution in [-0.2, 0) is 19.1 Å². The number of aryl methyl sites for hydroxylation is 2. The van der Waals surface area contributed by atoms with Crippen LogP contribution in [0.5, 0.6) is 0 Å². The van der Waals surface area contributed by atoms with Gasteiger partial charge in [0.25, 0.3) is 5.91 Å². The molecular weight excluding hydrogens is 536 g/mol. The number of thioether (sulfide) groups is 1. The second-order valence-corrected chi connectivity index (χ2v) is 13.8. The predicted molar refractivity (Wildman–Crippen MR) is 165 cm³/mol. The first-order valence-electron chi connectivity index (χ1n) is 15.0. The number of aliphatic hydroxyl groups excluding tert-OH is 1. The van der Waals surface area contributed by atoms with Crippen LogP contribution in [0.15, 0.2) is 43.5 Å². The van der Waals surface area contributed by atoms with Gasteiger partial charge in [0, 0.05) is 17.5 Å². The Kier molecular flexibility index (Phi) is 10.1. The number of allylic oxidation sites excluding steroid dienone is 1. The maximum absolute atomic E-state index is 14.8. The van der Waals surface area contributed by atoms with Gasteiger partial charge in [0.15, 0.2) is 0 Å². The Bertz CT molecular complexity index is 1170. The minimum absolute atomic E-state index is 0.0617. The lowest BCUT2D eigenvalue weighted by molar-refractivity contribution is -0.154. The SMILES string of the molecule is C=CCCCCOC(=O)[C@@H]1[C@@H]2CCC3(S2)C(C(=O)N(CC=C)c2cc(C)ccc2C)N([C@@H](CO)CC(C)C)C(=O)[C@H]13. The number of esters is 1. The maximum Gasteiger partial charge on any atom is 0.310 e. The molecule has 7 nitrogen and oxygen atoms in total. The Balaban J connectivity index is 1.74. The highest BCUT2D eigenvalue weighted by molar-refractivity contribution is 8.02. The van der Waals surface area contributed by atoms with E-state index in [2.05, 4.69) is 13.2 Å². The van der Waals surface area contributed by atoms with Gasteiger partial charge in [-0.1, -0.05) is 38.1 Å². The van der Waals surface area contributed by atoms with E-state index < -0.39 is 28.7 Å². The number of aliphatic hydroxyl groups is 1. The molecule has 3 fully saturated rings. The van der Waals surface area contributed by atoms with Crippen molar-refractivity contribution in [3.63, 3.8) is 0 Å². The van der Waals surface area contributed by atoms with E-state index in [0.717, 1.165) is 42.5 Å². The largest absolute Gasteiger partial charge is 0.465 e. The quantitative estimate of drug-likeness (QED) is 0.184. The van der Waals surface area contributed by atoms with Crippen LogP contribution >= 0.6 is 11.8 Å². The Morgan fingerprint density at radius 3 is 2.66 bits per heavy atom. The van der Waals surface area contributed by atoms with Gasteiger partial charge in [-0.15, -0.1) is 24.9 Å². The number of rotatable bonds is 14. The number of anilines is 1. The number of unbranched alkanes of at least 4 members (excludes halogenated alkanes) is 2. The van der Waals surface area contributed by atoms with Gasteiger partial charge in [-0.2, -0.15) is 0 Å². The van der Waals surface area contributed by atoms with Crippen molar-refractivity contribution in [1.29, 1.82) is 0 Å². The standard InChI is InChI=1S/C33H46N2O5S/c1-7-9-10-11-17-40-32(39)27-26-14-15-33(41-26)28(27)30(37)35(24(20-36)18-21(3)4)29(33)31(38)34(16-8-2)25-19-22(5)12-13-23(25)6/h7-8,12-13,19,21,24,26-29,36H,1-2,9-11,14-18,20H2,3-6H3/t24-,26+,27-,28+,29?,33?/m1/s1. The summed E-state index contributed by atoms with van der Waals surface area (Å²) in [4.78, 5) is 46.1. The molecule has 41 heavy (non-hydrogen) atoms. The highest BCUT2D eigenvalue weighted by Gasteiger charge is 2.74. The molecule has 3 aliphatic rings. The van der Waals surface area contributed by atoms with Gasteiger partial charge in [-0.3, -0.25) is 14.4 Å². The zero-order valence-corrected chi connectivity index (χ0v) is 25.8. The summed E-state index contributed by atoms with van der Waals surface area (Å²) in [6, 6.07) is 4.70. The Morgan fingerprint density at radius 1 is 1.24 bits per heavy atom. The minimum atomic E-state index is -0.795. The Hall–Kier alpha value is -2.58. The van der Waals surface area contributed by atoms with E-state index in [0.29, 0.717) is 26.0 Å².